The van der Waals surface area contributed by atoms with Crippen molar-refractivity contribution in [1.29, 1.82) is 0 Å². The van der Waals surface area contributed by atoms with Crippen LogP contribution in [0.4, 0.5) is 11.4 Å². The number of carbonyl (C=O) groups is 2. The summed E-state index contributed by atoms with van der Waals surface area (Å²) in [4.78, 5) is 29.1. The second kappa shape index (κ2) is 8.82. The van der Waals surface area contributed by atoms with Crippen molar-refractivity contribution in [3.05, 3.63) is 60.4 Å². The minimum absolute atomic E-state index is 0.138. The number of benzene rings is 2. The van der Waals surface area contributed by atoms with E-state index in [-0.39, 0.29) is 17.6 Å². The van der Waals surface area contributed by atoms with Crippen LogP contribution in [0.1, 0.15) is 36.0 Å². The smallest absolute Gasteiger partial charge is 0.255 e. The van der Waals surface area contributed by atoms with E-state index in [2.05, 4.69) is 15.6 Å². The van der Waals surface area contributed by atoms with E-state index >= 15 is 0 Å². The number of fused-ring (bicyclic) bond motifs is 1. The first-order valence-corrected chi connectivity index (χ1v) is 11.8. The van der Waals surface area contributed by atoms with Gasteiger partial charge < -0.3 is 24.7 Å². The van der Waals surface area contributed by atoms with Gasteiger partial charge in [0.2, 0.25) is 5.91 Å². The van der Waals surface area contributed by atoms with Gasteiger partial charge in [0.1, 0.15) is 0 Å². The average Bonchev–Trinajstić information content (AvgIpc) is 3.52. The molecule has 0 radical (unpaired) electrons. The molecule has 5 rings (SSSR count). The maximum absolute atomic E-state index is 12.7. The predicted octanol–water partition coefficient (Wildman–Crippen LogP) is 4.44. The van der Waals surface area contributed by atoms with Crippen molar-refractivity contribution in [3.8, 4) is 11.5 Å². The molecule has 2 amide bonds. The SMILES string of the molecule is Cn1ccnc1SCC(=O)Nc1ccc(C(=O)Nc2ccc3c(c2)OC2(CCCC2)O3)cc1. The first-order chi connectivity index (χ1) is 16.0. The van der Waals surface area contributed by atoms with Gasteiger partial charge in [0.25, 0.3) is 11.7 Å². The van der Waals surface area contributed by atoms with E-state index in [1.165, 1.54) is 11.8 Å². The van der Waals surface area contributed by atoms with Crippen LogP contribution in [0.15, 0.2) is 60.0 Å². The van der Waals surface area contributed by atoms with Crippen LogP contribution in [0, 0.1) is 0 Å². The molecule has 1 aliphatic heterocycles. The number of amides is 2. The van der Waals surface area contributed by atoms with Crippen molar-refractivity contribution in [2.75, 3.05) is 16.4 Å². The van der Waals surface area contributed by atoms with E-state index in [0.29, 0.717) is 22.7 Å². The first-order valence-electron chi connectivity index (χ1n) is 10.8. The van der Waals surface area contributed by atoms with E-state index in [0.717, 1.165) is 36.6 Å². The number of carbonyl (C=O) groups excluding carboxylic acids is 2. The fraction of sp³-hybridized carbons (Fsp3) is 0.292. The Morgan fingerprint density at radius 3 is 2.48 bits per heavy atom. The zero-order chi connectivity index (χ0) is 22.8. The van der Waals surface area contributed by atoms with Crippen LogP contribution in [-0.2, 0) is 11.8 Å². The summed E-state index contributed by atoms with van der Waals surface area (Å²) in [7, 11) is 1.88. The van der Waals surface area contributed by atoms with Crippen molar-refractivity contribution in [3.63, 3.8) is 0 Å². The van der Waals surface area contributed by atoms with Gasteiger partial charge in [0, 0.05) is 55.3 Å². The molecule has 170 valence electrons. The molecule has 0 unspecified atom stereocenters. The molecule has 0 atom stereocenters. The topological polar surface area (TPSA) is 94.5 Å². The Morgan fingerprint density at radius 2 is 1.76 bits per heavy atom. The number of aryl methyl sites for hydroxylation is 1. The highest BCUT2D eigenvalue weighted by Crippen LogP contribution is 2.47. The molecule has 1 fully saturated rings. The summed E-state index contributed by atoms with van der Waals surface area (Å²) in [6.07, 6.45) is 7.48. The number of aromatic nitrogens is 2. The monoisotopic (exact) mass is 464 g/mol. The number of hydrogen-bond donors (Lipinski definition) is 2. The number of imidazole rings is 1. The van der Waals surface area contributed by atoms with Gasteiger partial charge in [-0.25, -0.2) is 4.98 Å². The molecule has 1 saturated carbocycles. The molecule has 2 aromatic carbocycles. The summed E-state index contributed by atoms with van der Waals surface area (Å²) in [5, 5.41) is 6.50. The van der Waals surface area contributed by atoms with Gasteiger partial charge in [0.15, 0.2) is 16.7 Å². The predicted molar refractivity (Wildman–Crippen MR) is 126 cm³/mol. The summed E-state index contributed by atoms with van der Waals surface area (Å²) in [6, 6.07) is 12.2. The van der Waals surface area contributed by atoms with Crippen LogP contribution < -0.4 is 20.1 Å². The Balaban J connectivity index is 1.16. The number of ether oxygens (including phenoxy) is 2. The molecule has 8 nitrogen and oxygen atoms in total. The maximum atomic E-state index is 12.7. The van der Waals surface area contributed by atoms with Crippen LogP contribution in [0.3, 0.4) is 0 Å². The minimum Gasteiger partial charge on any atom is -0.448 e. The number of thioether (sulfide) groups is 1. The fourth-order valence-corrected chi connectivity index (χ4v) is 4.75. The van der Waals surface area contributed by atoms with Crippen LogP contribution in [-0.4, -0.2) is 32.9 Å². The summed E-state index contributed by atoms with van der Waals surface area (Å²) < 4.78 is 13.9. The minimum atomic E-state index is -0.527. The molecular weight excluding hydrogens is 440 g/mol. The largest absolute Gasteiger partial charge is 0.448 e. The Hall–Kier alpha value is -3.46. The normalized spacial score (nSPS) is 15.5. The van der Waals surface area contributed by atoms with Crippen LogP contribution >= 0.6 is 11.8 Å². The highest BCUT2D eigenvalue weighted by Gasteiger charge is 2.44. The molecule has 0 saturated heterocycles. The maximum Gasteiger partial charge on any atom is 0.255 e. The zero-order valence-electron chi connectivity index (χ0n) is 18.2. The third kappa shape index (κ3) is 4.68. The van der Waals surface area contributed by atoms with E-state index in [1.54, 1.807) is 36.5 Å². The lowest BCUT2D eigenvalue weighted by Gasteiger charge is -2.21. The number of nitrogens with zero attached hydrogens (tertiary/aromatic N) is 2. The van der Waals surface area contributed by atoms with Gasteiger partial charge in [-0.2, -0.15) is 0 Å². The van der Waals surface area contributed by atoms with Gasteiger partial charge in [-0.1, -0.05) is 11.8 Å². The van der Waals surface area contributed by atoms with E-state index in [9.17, 15) is 9.59 Å². The van der Waals surface area contributed by atoms with Crippen molar-refractivity contribution in [1.82, 2.24) is 9.55 Å². The summed E-state index contributed by atoms with van der Waals surface area (Å²) in [5.41, 5.74) is 1.75. The third-order valence-electron chi connectivity index (χ3n) is 5.70. The Bertz CT molecular complexity index is 1190. The molecule has 9 heteroatoms. The molecule has 3 aromatic rings. The van der Waals surface area contributed by atoms with Crippen molar-refractivity contribution in [2.45, 2.75) is 36.6 Å². The molecule has 1 aromatic heterocycles. The Labute approximate surface area is 195 Å². The lowest BCUT2D eigenvalue weighted by Crippen LogP contribution is -2.34. The molecule has 2 aliphatic rings. The van der Waals surface area contributed by atoms with Gasteiger partial charge in [-0.3, -0.25) is 9.59 Å². The van der Waals surface area contributed by atoms with Gasteiger partial charge in [-0.05, 0) is 49.2 Å². The highest BCUT2D eigenvalue weighted by atomic mass is 32.2. The van der Waals surface area contributed by atoms with Gasteiger partial charge in [-0.15, -0.1) is 0 Å². The van der Waals surface area contributed by atoms with Crippen molar-refractivity contribution in [2.24, 2.45) is 7.05 Å². The molecule has 2 N–H and O–H groups in total. The number of nitrogens with one attached hydrogen (secondary N) is 2. The first kappa shape index (κ1) is 21.4. The molecule has 1 spiro atoms. The van der Waals surface area contributed by atoms with Crippen LogP contribution in [0.25, 0.3) is 0 Å². The molecule has 2 heterocycles. The number of hydrogen-bond acceptors (Lipinski definition) is 6. The van der Waals surface area contributed by atoms with Crippen LogP contribution in [0.5, 0.6) is 11.5 Å². The van der Waals surface area contributed by atoms with E-state index < -0.39 is 5.79 Å². The Morgan fingerprint density at radius 1 is 1.03 bits per heavy atom. The summed E-state index contributed by atoms with van der Waals surface area (Å²) in [6.45, 7) is 0. The second-order valence-electron chi connectivity index (χ2n) is 8.17. The van der Waals surface area contributed by atoms with Gasteiger partial charge >= 0.3 is 0 Å². The fourth-order valence-electron chi connectivity index (χ4n) is 4.02. The van der Waals surface area contributed by atoms with Gasteiger partial charge in [0.05, 0.1) is 5.75 Å². The molecular formula is C24H24N4O4S. The van der Waals surface area contributed by atoms with E-state index in [1.807, 2.05) is 29.9 Å². The molecule has 1 aliphatic carbocycles. The van der Waals surface area contributed by atoms with Crippen LogP contribution in [0.2, 0.25) is 0 Å². The highest BCUT2D eigenvalue weighted by molar-refractivity contribution is 7.99. The summed E-state index contributed by atoms with van der Waals surface area (Å²) >= 11 is 1.36. The van der Waals surface area contributed by atoms with Crippen molar-refractivity contribution >= 4 is 35.0 Å². The van der Waals surface area contributed by atoms with Crippen molar-refractivity contribution < 1.29 is 19.1 Å². The Kier molecular flexibility index (Phi) is 5.72. The lowest BCUT2D eigenvalue weighted by atomic mass is 10.2. The quantitative estimate of drug-likeness (QED) is 0.524. The third-order valence-corrected chi connectivity index (χ3v) is 6.76. The second-order valence-corrected chi connectivity index (χ2v) is 9.11. The summed E-state index contributed by atoms with van der Waals surface area (Å²) in [5.74, 6) is 0.722. The average molecular weight is 465 g/mol. The molecule has 33 heavy (non-hydrogen) atoms. The number of anilines is 2. The standard InChI is InChI=1S/C24H24N4O4S/c1-28-13-12-25-23(28)33-15-21(29)26-17-6-4-16(5-7-17)22(30)27-18-8-9-19-20(14-18)32-24(31-19)10-2-3-11-24/h4-9,12-14H,2-3,10-11,15H2,1H3,(H,26,29)(H,27,30). The molecule has 0 bridgehead atoms. The lowest BCUT2D eigenvalue weighted by molar-refractivity contribution is -0.113. The zero-order valence-corrected chi connectivity index (χ0v) is 19.0. The number of rotatable bonds is 6. The van der Waals surface area contributed by atoms with E-state index in [4.69, 9.17) is 9.47 Å².